The van der Waals surface area contributed by atoms with Crippen LogP contribution in [0.15, 0.2) is 48.6 Å². The lowest BCUT2D eigenvalue weighted by Gasteiger charge is -2.41. The highest BCUT2D eigenvalue weighted by Gasteiger charge is 2.47. The molecule has 1 aliphatic heterocycles. The summed E-state index contributed by atoms with van der Waals surface area (Å²) >= 11 is 0. The molecule has 8 unspecified atom stereocenters. The standard InChI is InChI=1S/C80H149NO10/c1-4-7-10-13-16-19-22-25-27-29-31-33-35-37-39-41-43-45-47-50-53-56-59-62-65-68-75(85)91-78-77(87)76(86)74(69-82)90-80(78)89-70-71(72(83)66-63-60-57-54-51-48-24-21-18-15-12-9-6-3)81-79(88)73(84)67-64-61-58-55-52-49-46-44-42-40-38-36-34-32-30-28-26-23-20-17-14-11-8-5-2/h17,20,26,28,32,34,63,66,71-74,76-78,80,82-84,86-87H,4-16,18-19,21-25,27,29-31,33,35-62,64-65,67-70H2,1-3H3,(H,81,88)/b20-17-,28-26-,34-32-,66-63+. The average molecular weight is 1290 g/mol. The third-order valence-electron chi connectivity index (χ3n) is 18.7. The van der Waals surface area contributed by atoms with Gasteiger partial charge in [0.15, 0.2) is 12.4 Å². The predicted octanol–water partition coefficient (Wildman–Crippen LogP) is 21.1. The van der Waals surface area contributed by atoms with Gasteiger partial charge >= 0.3 is 5.97 Å². The highest BCUT2D eigenvalue weighted by Crippen LogP contribution is 2.27. The number of ether oxygens (including phenoxy) is 3. The van der Waals surface area contributed by atoms with Crippen molar-refractivity contribution in [2.45, 2.75) is 436 Å². The normalized spacial score (nSPS) is 18.2. The van der Waals surface area contributed by atoms with E-state index in [9.17, 15) is 35.1 Å². The van der Waals surface area contributed by atoms with Gasteiger partial charge in [-0.3, -0.25) is 9.59 Å². The molecular weight excluding hydrogens is 1130 g/mol. The smallest absolute Gasteiger partial charge is 0.306 e. The van der Waals surface area contributed by atoms with Crippen molar-refractivity contribution >= 4 is 11.9 Å². The number of hydrogen-bond donors (Lipinski definition) is 6. The summed E-state index contributed by atoms with van der Waals surface area (Å²) in [6.45, 7) is 5.84. The Kier molecular flexibility index (Phi) is 64.3. The second kappa shape index (κ2) is 67.6. The zero-order valence-electron chi connectivity index (χ0n) is 59.7. The van der Waals surface area contributed by atoms with E-state index >= 15 is 0 Å². The van der Waals surface area contributed by atoms with Gasteiger partial charge in [0, 0.05) is 6.42 Å². The number of aliphatic hydroxyl groups excluding tert-OH is 5. The van der Waals surface area contributed by atoms with Gasteiger partial charge in [-0.25, -0.2) is 0 Å². The molecule has 11 heteroatoms. The first kappa shape index (κ1) is 86.6. The molecule has 91 heavy (non-hydrogen) atoms. The zero-order chi connectivity index (χ0) is 66.0. The molecule has 8 atom stereocenters. The second-order valence-corrected chi connectivity index (χ2v) is 27.5. The van der Waals surface area contributed by atoms with Gasteiger partial charge in [0.1, 0.15) is 24.4 Å². The number of amides is 1. The van der Waals surface area contributed by atoms with Gasteiger partial charge in [-0.15, -0.1) is 0 Å². The van der Waals surface area contributed by atoms with Crippen LogP contribution in [0, 0.1) is 0 Å². The molecule has 6 N–H and O–H groups in total. The van der Waals surface area contributed by atoms with Crippen LogP contribution >= 0.6 is 0 Å². The first-order valence-corrected chi connectivity index (χ1v) is 39.4. The lowest BCUT2D eigenvalue weighted by atomic mass is 9.99. The summed E-state index contributed by atoms with van der Waals surface area (Å²) in [7, 11) is 0. The molecule has 1 heterocycles. The molecule has 1 rings (SSSR count). The molecule has 1 saturated heterocycles. The van der Waals surface area contributed by atoms with Crippen LogP contribution in [0.4, 0.5) is 0 Å². The number of carbonyl (C=O) groups excluding carboxylic acids is 2. The van der Waals surface area contributed by atoms with Crippen molar-refractivity contribution in [2.24, 2.45) is 0 Å². The fraction of sp³-hybridized carbons (Fsp3) is 0.875. The van der Waals surface area contributed by atoms with Crippen LogP contribution < -0.4 is 5.32 Å². The Labute approximate surface area is 561 Å². The van der Waals surface area contributed by atoms with Gasteiger partial charge in [0.05, 0.1) is 25.4 Å². The van der Waals surface area contributed by atoms with Gasteiger partial charge in [-0.2, -0.15) is 0 Å². The van der Waals surface area contributed by atoms with Crippen molar-refractivity contribution in [3.63, 3.8) is 0 Å². The number of rotatable bonds is 69. The van der Waals surface area contributed by atoms with E-state index < -0.39 is 67.4 Å². The molecule has 0 bridgehead atoms. The van der Waals surface area contributed by atoms with Crippen LogP contribution in [-0.4, -0.2) is 99.6 Å². The summed E-state index contributed by atoms with van der Waals surface area (Å²) in [6.07, 6.45) is 75.9. The second-order valence-electron chi connectivity index (χ2n) is 27.5. The van der Waals surface area contributed by atoms with Crippen molar-refractivity contribution in [1.29, 1.82) is 0 Å². The van der Waals surface area contributed by atoms with E-state index in [-0.39, 0.29) is 13.0 Å². The summed E-state index contributed by atoms with van der Waals surface area (Å²) in [5.74, 6) is -1.18. The summed E-state index contributed by atoms with van der Waals surface area (Å²) in [4.78, 5) is 26.8. The zero-order valence-corrected chi connectivity index (χ0v) is 59.7. The van der Waals surface area contributed by atoms with Crippen LogP contribution in [0.1, 0.15) is 387 Å². The van der Waals surface area contributed by atoms with Crippen molar-refractivity contribution in [2.75, 3.05) is 13.2 Å². The van der Waals surface area contributed by atoms with E-state index in [1.165, 1.54) is 263 Å². The quantitative estimate of drug-likeness (QED) is 0.0195. The number of esters is 1. The Bertz CT molecular complexity index is 1670. The SMILES string of the molecule is CCCCC/C=C\C/C=C\C/C=C\CCCCCCCCCCCCCC(O)C(=O)NC(COC1OC(CO)C(O)C(O)C1OC(=O)CCCCCCCCCCCCCCCCCCCCCCCCCCC)C(O)/C=C/CCCCCCCCCCCCC. The Balaban J connectivity index is 2.52. The van der Waals surface area contributed by atoms with Gasteiger partial charge in [0.2, 0.25) is 5.91 Å². The Morgan fingerprint density at radius 3 is 1.15 bits per heavy atom. The summed E-state index contributed by atoms with van der Waals surface area (Å²) < 4.78 is 17.8. The lowest BCUT2D eigenvalue weighted by molar-refractivity contribution is -0.305. The molecule has 0 saturated carbocycles. The van der Waals surface area contributed by atoms with Crippen LogP contribution in [0.2, 0.25) is 0 Å². The maximum atomic E-state index is 13.5. The molecule has 1 amide bonds. The fourth-order valence-corrected chi connectivity index (χ4v) is 12.5. The number of carbonyl (C=O) groups is 2. The first-order chi connectivity index (χ1) is 44.7. The van der Waals surface area contributed by atoms with Crippen molar-refractivity contribution in [3.8, 4) is 0 Å². The summed E-state index contributed by atoms with van der Waals surface area (Å²) in [6, 6.07) is -1.03. The molecule has 1 aliphatic rings. The molecule has 11 nitrogen and oxygen atoms in total. The minimum atomic E-state index is -1.61. The average Bonchev–Trinajstić information content (AvgIpc) is 1.00. The third-order valence-corrected chi connectivity index (χ3v) is 18.7. The highest BCUT2D eigenvalue weighted by atomic mass is 16.7. The molecule has 534 valence electrons. The molecule has 1 fully saturated rings. The topological polar surface area (TPSA) is 175 Å². The van der Waals surface area contributed by atoms with Crippen molar-refractivity contribution in [1.82, 2.24) is 5.32 Å². The molecule has 0 spiro atoms. The molecule has 0 radical (unpaired) electrons. The molecule has 0 aromatic carbocycles. The van der Waals surface area contributed by atoms with E-state index in [0.29, 0.717) is 19.3 Å². The van der Waals surface area contributed by atoms with Crippen LogP contribution in [0.3, 0.4) is 0 Å². The van der Waals surface area contributed by atoms with E-state index in [4.69, 9.17) is 14.2 Å². The van der Waals surface area contributed by atoms with Crippen LogP contribution in [0.5, 0.6) is 0 Å². The number of aliphatic hydroxyl groups is 5. The number of allylic oxidation sites excluding steroid dienone is 7. The van der Waals surface area contributed by atoms with Gasteiger partial charge in [0.25, 0.3) is 0 Å². The molecular formula is C80H149NO10. The number of hydrogen-bond acceptors (Lipinski definition) is 10. The lowest BCUT2D eigenvalue weighted by Crippen LogP contribution is -2.61. The summed E-state index contributed by atoms with van der Waals surface area (Å²) in [5.41, 5.74) is 0. The van der Waals surface area contributed by atoms with Crippen molar-refractivity contribution < 1.29 is 49.3 Å². The van der Waals surface area contributed by atoms with Gasteiger partial charge in [-0.05, 0) is 64.2 Å². The summed E-state index contributed by atoms with van der Waals surface area (Å²) in [5, 5.41) is 57.4. The Hall–Kier alpha value is -2.38. The largest absolute Gasteiger partial charge is 0.454 e. The number of nitrogens with one attached hydrogen (secondary N) is 1. The minimum Gasteiger partial charge on any atom is -0.454 e. The predicted molar refractivity (Wildman–Crippen MR) is 384 cm³/mol. The monoisotopic (exact) mass is 1280 g/mol. The molecule has 0 aliphatic carbocycles. The van der Waals surface area contributed by atoms with Gasteiger partial charge in [-0.1, -0.05) is 365 Å². The highest BCUT2D eigenvalue weighted by molar-refractivity contribution is 5.80. The third kappa shape index (κ3) is 54.4. The minimum absolute atomic E-state index is 0.129. The van der Waals surface area contributed by atoms with Gasteiger partial charge < -0.3 is 45.1 Å². The number of unbranched alkanes of at least 4 members (excludes halogenated alkanes) is 49. The Morgan fingerprint density at radius 1 is 0.429 bits per heavy atom. The first-order valence-electron chi connectivity index (χ1n) is 39.4. The molecule has 0 aromatic rings. The van der Waals surface area contributed by atoms with E-state index in [2.05, 4.69) is 62.5 Å². The van der Waals surface area contributed by atoms with Crippen LogP contribution in [-0.2, 0) is 23.8 Å². The van der Waals surface area contributed by atoms with Crippen LogP contribution in [0.25, 0.3) is 0 Å². The van der Waals surface area contributed by atoms with E-state index in [0.717, 1.165) is 77.0 Å². The fourth-order valence-electron chi connectivity index (χ4n) is 12.5. The van der Waals surface area contributed by atoms with E-state index in [1.807, 2.05) is 6.08 Å². The maximum absolute atomic E-state index is 13.5. The molecule has 0 aromatic heterocycles. The van der Waals surface area contributed by atoms with Crippen molar-refractivity contribution in [3.05, 3.63) is 48.6 Å². The Morgan fingerprint density at radius 2 is 0.758 bits per heavy atom. The maximum Gasteiger partial charge on any atom is 0.306 e. The van der Waals surface area contributed by atoms with E-state index in [1.54, 1.807) is 6.08 Å².